The Labute approximate surface area is 105 Å². The van der Waals surface area contributed by atoms with Gasteiger partial charge in [-0.05, 0) is 24.1 Å². The first-order valence-corrected chi connectivity index (χ1v) is 5.62. The summed E-state index contributed by atoms with van der Waals surface area (Å²) >= 11 is 0. The summed E-state index contributed by atoms with van der Waals surface area (Å²) in [5.74, 6) is -0.685. The average molecular weight is 251 g/mol. The summed E-state index contributed by atoms with van der Waals surface area (Å²) in [6.45, 7) is -0.144. The van der Waals surface area contributed by atoms with E-state index in [0.29, 0.717) is 12.1 Å². The molecule has 0 aliphatic carbocycles. The maximum Gasteiger partial charge on any atom is 0.243 e. The van der Waals surface area contributed by atoms with E-state index in [2.05, 4.69) is 10.6 Å². The summed E-state index contributed by atoms with van der Waals surface area (Å²) in [5.41, 5.74) is 6.73. The van der Waals surface area contributed by atoms with Gasteiger partial charge in [0.25, 0.3) is 0 Å². The molecule has 0 radical (unpaired) electrons. The number of nitrogens with two attached hydrogens (primary N) is 1. The Morgan fingerprint density at radius 3 is 2.39 bits per heavy atom. The second-order valence-electron chi connectivity index (χ2n) is 3.70. The number of amides is 2. The normalized spacial score (nSPS) is 9.89. The minimum Gasteiger partial charge on any atom is -0.396 e. The quantitative estimate of drug-likeness (QED) is 0.533. The molecule has 1 rings (SSSR count). The number of hydrogen-bond donors (Lipinski definition) is 4. The molecule has 0 saturated carbocycles. The summed E-state index contributed by atoms with van der Waals surface area (Å²) in [6.07, 6.45) is 0.584. The van der Waals surface area contributed by atoms with Gasteiger partial charge < -0.3 is 21.5 Å². The lowest BCUT2D eigenvalue weighted by Gasteiger charge is -2.07. The van der Waals surface area contributed by atoms with Gasteiger partial charge in [0, 0.05) is 12.3 Å². The third-order valence-electron chi connectivity index (χ3n) is 2.27. The number of rotatable bonds is 6. The van der Waals surface area contributed by atoms with Crippen LogP contribution in [0.4, 0.5) is 5.69 Å². The Morgan fingerprint density at radius 1 is 1.17 bits per heavy atom. The van der Waals surface area contributed by atoms with Gasteiger partial charge >= 0.3 is 0 Å². The van der Waals surface area contributed by atoms with E-state index in [1.165, 1.54) is 0 Å². The van der Waals surface area contributed by atoms with Crippen LogP contribution >= 0.6 is 0 Å². The third kappa shape index (κ3) is 4.94. The van der Waals surface area contributed by atoms with Crippen molar-refractivity contribution in [2.75, 3.05) is 25.0 Å². The number of aliphatic hydroxyl groups is 1. The zero-order valence-electron chi connectivity index (χ0n) is 9.98. The van der Waals surface area contributed by atoms with Crippen molar-refractivity contribution in [2.24, 2.45) is 5.73 Å². The second-order valence-corrected chi connectivity index (χ2v) is 3.70. The smallest absolute Gasteiger partial charge is 0.243 e. The summed E-state index contributed by atoms with van der Waals surface area (Å²) in [5, 5.41) is 13.8. The highest BCUT2D eigenvalue weighted by Crippen LogP contribution is 2.09. The first-order valence-electron chi connectivity index (χ1n) is 5.62. The van der Waals surface area contributed by atoms with Crippen molar-refractivity contribution in [2.45, 2.75) is 6.42 Å². The fourth-order valence-electron chi connectivity index (χ4n) is 1.34. The summed E-state index contributed by atoms with van der Waals surface area (Å²) < 4.78 is 0. The predicted molar refractivity (Wildman–Crippen MR) is 67.9 cm³/mol. The Hall–Kier alpha value is -1.92. The van der Waals surface area contributed by atoms with E-state index in [1.807, 2.05) is 12.1 Å². The van der Waals surface area contributed by atoms with Gasteiger partial charge in [-0.15, -0.1) is 0 Å². The van der Waals surface area contributed by atoms with Gasteiger partial charge in [0.15, 0.2) is 0 Å². The van der Waals surface area contributed by atoms with Crippen molar-refractivity contribution >= 4 is 17.5 Å². The maximum absolute atomic E-state index is 11.4. The van der Waals surface area contributed by atoms with Crippen molar-refractivity contribution in [3.8, 4) is 0 Å². The Bertz CT molecular complexity index is 404. The minimum absolute atomic E-state index is 0.0941. The summed E-state index contributed by atoms with van der Waals surface area (Å²) in [7, 11) is 0. The SMILES string of the molecule is NCC(=O)NCC(=O)Nc1ccc(CCO)cc1. The molecule has 5 N–H and O–H groups in total. The van der Waals surface area contributed by atoms with Gasteiger partial charge in [0.2, 0.25) is 11.8 Å². The first kappa shape index (κ1) is 14.1. The van der Waals surface area contributed by atoms with Gasteiger partial charge in [-0.25, -0.2) is 0 Å². The zero-order chi connectivity index (χ0) is 13.4. The van der Waals surface area contributed by atoms with Crippen molar-refractivity contribution in [3.05, 3.63) is 29.8 Å². The van der Waals surface area contributed by atoms with Crippen LogP contribution in [0.5, 0.6) is 0 Å². The molecule has 2 amide bonds. The van der Waals surface area contributed by atoms with Crippen LogP contribution in [-0.2, 0) is 16.0 Å². The molecule has 1 aromatic rings. The molecule has 6 heteroatoms. The van der Waals surface area contributed by atoms with E-state index in [-0.39, 0.29) is 31.5 Å². The third-order valence-corrected chi connectivity index (χ3v) is 2.27. The molecule has 0 fully saturated rings. The van der Waals surface area contributed by atoms with Gasteiger partial charge in [-0.3, -0.25) is 9.59 Å². The van der Waals surface area contributed by atoms with Crippen LogP contribution in [0.2, 0.25) is 0 Å². The topological polar surface area (TPSA) is 104 Å². The van der Waals surface area contributed by atoms with Crippen molar-refractivity contribution < 1.29 is 14.7 Å². The average Bonchev–Trinajstić information content (AvgIpc) is 2.38. The Kier molecular flexibility index (Phi) is 5.83. The van der Waals surface area contributed by atoms with E-state index in [1.54, 1.807) is 12.1 Å². The molecule has 0 atom stereocenters. The summed E-state index contributed by atoms with van der Waals surface area (Å²) in [4.78, 5) is 22.3. The highest BCUT2D eigenvalue weighted by molar-refractivity contribution is 5.94. The molecule has 0 unspecified atom stereocenters. The molecule has 0 bridgehead atoms. The van der Waals surface area contributed by atoms with E-state index in [0.717, 1.165) is 5.56 Å². The maximum atomic E-state index is 11.4. The highest BCUT2D eigenvalue weighted by Gasteiger charge is 2.04. The van der Waals surface area contributed by atoms with Crippen molar-refractivity contribution in [1.82, 2.24) is 5.32 Å². The molecule has 6 nitrogen and oxygen atoms in total. The molecular weight excluding hydrogens is 234 g/mol. The summed E-state index contributed by atoms with van der Waals surface area (Å²) in [6, 6.07) is 7.13. The van der Waals surface area contributed by atoms with Crippen molar-refractivity contribution in [3.63, 3.8) is 0 Å². The second kappa shape index (κ2) is 7.41. The molecule has 18 heavy (non-hydrogen) atoms. The number of benzene rings is 1. The van der Waals surface area contributed by atoms with Crippen LogP contribution in [0.3, 0.4) is 0 Å². The van der Waals surface area contributed by atoms with Gasteiger partial charge in [-0.1, -0.05) is 12.1 Å². The Balaban J connectivity index is 2.42. The van der Waals surface area contributed by atoms with Crippen LogP contribution in [-0.4, -0.2) is 36.6 Å². The fourth-order valence-corrected chi connectivity index (χ4v) is 1.34. The lowest BCUT2D eigenvalue weighted by atomic mass is 10.1. The van der Waals surface area contributed by atoms with Crippen LogP contribution in [0, 0.1) is 0 Å². The number of aliphatic hydroxyl groups excluding tert-OH is 1. The van der Waals surface area contributed by atoms with E-state index >= 15 is 0 Å². The van der Waals surface area contributed by atoms with Gasteiger partial charge in [0.1, 0.15) is 0 Å². The lowest BCUT2D eigenvalue weighted by molar-refractivity contribution is -0.123. The number of carbonyl (C=O) groups is 2. The number of hydrogen-bond acceptors (Lipinski definition) is 4. The van der Waals surface area contributed by atoms with Crippen LogP contribution in [0.1, 0.15) is 5.56 Å². The molecule has 0 heterocycles. The van der Waals surface area contributed by atoms with Gasteiger partial charge in [-0.2, -0.15) is 0 Å². The van der Waals surface area contributed by atoms with E-state index < -0.39 is 0 Å². The molecule has 1 aromatic carbocycles. The number of nitrogens with one attached hydrogen (secondary N) is 2. The zero-order valence-corrected chi connectivity index (χ0v) is 9.98. The molecule has 0 aliphatic rings. The van der Waals surface area contributed by atoms with Crippen LogP contribution in [0.25, 0.3) is 0 Å². The fraction of sp³-hybridized carbons (Fsp3) is 0.333. The van der Waals surface area contributed by atoms with Crippen LogP contribution < -0.4 is 16.4 Å². The van der Waals surface area contributed by atoms with Crippen LogP contribution in [0.15, 0.2) is 24.3 Å². The van der Waals surface area contributed by atoms with Crippen molar-refractivity contribution in [1.29, 1.82) is 0 Å². The first-order chi connectivity index (χ1) is 8.65. The molecule has 98 valence electrons. The highest BCUT2D eigenvalue weighted by atomic mass is 16.3. The predicted octanol–water partition coefficient (Wildman–Crippen LogP) is -0.765. The molecular formula is C12H17N3O3. The lowest BCUT2D eigenvalue weighted by Crippen LogP contribution is -2.36. The molecule has 0 spiro atoms. The minimum atomic E-state index is -0.372. The molecule has 0 saturated heterocycles. The Morgan fingerprint density at radius 2 is 1.83 bits per heavy atom. The monoisotopic (exact) mass is 251 g/mol. The number of anilines is 1. The van der Waals surface area contributed by atoms with E-state index in [4.69, 9.17) is 10.8 Å². The molecule has 0 aromatic heterocycles. The largest absolute Gasteiger partial charge is 0.396 e. The standard InChI is InChI=1S/C12H17N3O3/c13-7-11(17)14-8-12(18)15-10-3-1-9(2-4-10)5-6-16/h1-4,16H,5-8,13H2,(H,14,17)(H,15,18). The molecule has 0 aliphatic heterocycles. The van der Waals surface area contributed by atoms with Gasteiger partial charge in [0.05, 0.1) is 13.1 Å². The van der Waals surface area contributed by atoms with E-state index in [9.17, 15) is 9.59 Å². The number of carbonyl (C=O) groups excluding carboxylic acids is 2.